The molecule has 2 nitrogen and oxygen atoms in total. The number of anilines is 6. The Morgan fingerprint density at radius 2 is 0.560 bits per heavy atom. The molecule has 2 atom stereocenters. The summed E-state index contributed by atoms with van der Waals surface area (Å²) < 4.78 is 162. The van der Waals surface area contributed by atoms with Gasteiger partial charge in [0.1, 0.15) is 0 Å². The molecule has 486 valence electrons. The molecule has 0 saturated heterocycles. The van der Waals surface area contributed by atoms with Gasteiger partial charge < -0.3 is 9.80 Å². The van der Waals surface area contributed by atoms with E-state index in [-0.39, 0.29) is 12.8 Å². The molecule has 0 amide bonds. The van der Waals surface area contributed by atoms with Crippen LogP contribution >= 0.6 is 0 Å². The lowest BCUT2D eigenvalue weighted by Gasteiger charge is -2.35. The van der Waals surface area contributed by atoms with Crippen molar-refractivity contribution in [3.05, 3.63) is 394 Å². The minimum Gasteiger partial charge on any atom is -0.310 e. The number of nitrogens with zero attached hydrogens (tertiary/aromatic N) is 2. The van der Waals surface area contributed by atoms with Crippen LogP contribution in [0.1, 0.15) is 55.6 Å². The number of benzene rings is 14. The van der Waals surface area contributed by atoms with E-state index in [1.54, 1.807) is 121 Å². The van der Waals surface area contributed by atoms with Crippen molar-refractivity contribution in [3.8, 4) is 33.4 Å². The van der Waals surface area contributed by atoms with Crippen LogP contribution in [0.3, 0.4) is 0 Å². The lowest BCUT2D eigenvalue weighted by atomic mass is 9.68. The van der Waals surface area contributed by atoms with Gasteiger partial charge in [0.15, 0.2) is 46.5 Å². The van der Waals surface area contributed by atoms with Crippen LogP contribution in [0.25, 0.3) is 67.1 Å². The Labute approximate surface area is 569 Å². The van der Waals surface area contributed by atoms with E-state index in [9.17, 15) is 0 Å². The first-order chi connectivity index (χ1) is 48.7. The molecule has 16 rings (SSSR count). The smallest absolute Gasteiger partial charge is 0.200 e. The Morgan fingerprint density at radius 1 is 0.260 bits per heavy atom. The summed E-state index contributed by atoms with van der Waals surface area (Å²) in [5.74, 6) is -20.5. The van der Waals surface area contributed by atoms with Gasteiger partial charge in [-0.05, 0) is 162 Å². The molecule has 0 bridgehead atoms. The molecule has 2 aliphatic rings. The second-order valence-electron chi connectivity index (χ2n) is 25.2. The molecule has 0 spiro atoms. The standard InChI is InChI=1S/C88H54F10N2/c1-3-51-31-35-53(36-32-51)49-87(75-77(89)81(93)85(97)82(94)78(75)90)69-29-17-15-25-63(69)65-41-39-57(47-71(65)87)99(55-19-7-5-8-20-55)73-45-43-61(59-23-11-13-27-67(59)73)62-44-46-74(68-28-14-12-24-60(62)68)100(56-21-9-6-10-22-56)58-40-42-66-64-26-16-18-30-70(64)88(72(66)48-58,50-54-37-33-52(4-2)34-38-54)76-79(91)83(95)86(98)84(96)80(76)92/h3-48H,1-2,49-50H2. The molecule has 14 aromatic rings. The van der Waals surface area contributed by atoms with Crippen molar-refractivity contribution in [1.29, 1.82) is 0 Å². The first kappa shape index (κ1) is 62.8. The summed E-state index contributed by atoms with van der Waals surface area (Å²) in [6, 6.07) is 82.0. The monoisotopic (exact) mass is 1330 g/mol. The molecule has 0 aliphatic heterocycles. The molecule has 0 fully saturated rings. The van der Waals surface area contributed by atoms with Crippen LogP contribution in [0, 0.1) is 58.2 Å². The first-order valence-corrected chi connectivity index (χ1v) is 32.4. The zero-order valence-electron chi connectivity index (χ0n) is 53.1. The second kappa shape index (κ2) is 24.5. The van der Waals surface area contributed by atoms with E-state index in [1.165, 1.54) is 0 Å². The molecule has 14 aromatic carbocycles. The third kappa shape index (κ3) is 9.63. The third-order valence-electron chi connectivity index (χ3n) is 20.0. The highest BCUT2D eigenvalue weighted by Crippen LogP contribution is 2.60. The molecule has 0 aromatic heterocycles. The summed E-state index contributed by atoms with van der Waals surface area (Å²) in [7, 11) is 0. The quantitative estimate of drug-likeness (QED) is 0.0573. The van der Waals surface area contributed by atoms with Crippen LogP contribution in [-0.4, -0.2) is 0 Å². The Morgan fingerprint density at radius 3 is 0.920 bits per heavy atom. The minimum absolute atomic E-state index is 0.200. The van der Waals surface area contributed by atoms with E-state index in [2.05, 4.69) is 13.2 Å². The number of hydrogen-bond acceptors (Lipinski definition) is 2. The van der Waals surface area contributed by atoms with E-state index in [1.807, 2.05) is 168 Å². The normalized spacial score (nSPS) is 14.9. The van der Waals surface area contributed by atoms with E-state index in [0.29, 0.717) is 89.8 Å². The Bertz CT molecular complexity index is 5270. The van der Waals surface area contributed by atoms with Crippen molar-refractivity contribution in [2.75, 3.05) is 9.80 Å². The summed E-state index contributed by atoms with van der Waals surface area (Å²) in [6.07, 6.45) is 2.89. The molecule has 0 heterocycles. The summed E-state index contributed by atoms with van der Waals surface area (Å²) in [4.78, 5) is 4.04. The largest absolute Gasteiger partial charge is 0.310 e. The SMILES string of the molecule is C=Cc1ccc(CC2(c3c(F)c(F)c(F)c(F)c3F)c3ccccc3-c3ccc(N(c4ccccc4)c4ccc(-c5ccc(N(c6ccccc6)c6ccc7c(c6)C(Cc6ccc(C=C)cc6)(c6c(F)c(F)c(F)c(F)c6F)c6ccccc6-7)c6ccccc56)c5ccccc45)cc32)cc1. The number of halogens is 10. The predicted molar refractivity (Wildman–Crippen MR) is 380 cm³/mol. The topological polar surface area (TPSA) is 6.48 Å². The van der Waals surface area contributed by atoms with Crippen molar-refractivity contribution < 1.29 is 43.9 Å². The average Bonchev–Trinajstić information content (AvgIpc) is 1.52. The molecule has 0 saturated carbocycles. The zero-order chi connectivity index (χ0) is 68.9. The van der Waals surface area contributed by atoms with E-state index in [4.69, 9.17) is 0 Å². The van der Waals surface area contributed by atoms with Crippen molar-refractivity contribution in [3.63, 3.8) is 0 Å². The van der Waals surface area contributed by atoms with Gasteiger partial charge in [-0.15, -0.1) is 0 Å². The fourth-order valence-electron chi connectivity index (χ4n) is 15.6. The Hall–Kier alpha value is -12.0. The molecular weight excluding hydrogens is 1270 g/mol. The van der Waals surface area contributed by atoms with Crippen molar-refractivity contribution in [2.24, 2.45) is 0 Å². The molecule has 2 aliphatic carbocycles. The van der Waals surface area contributed by atoms with Gasteiger partial charge in [-0.1, -0.05) is 232 Å². The average molecular weight is 1330 g/mol. The fraction of sp³-hybridized carbons (Fsp3) is 0.0455. The number of hydrogen-bond donors (Lipinski definition) is 0. The van der Waals surface area contributed by atoms with Crippen molar-refractivity contribution >= 4 is 67.8 Å². The van der Waals surface area contributed by atoms with Gasteiger partial charge in [0.2, 0.25) is 11.6 Å². The first-order valence-electron chi connectivity index (χ1n) is 32.4. The van der Waals surface area contributed by atoms with Crippen LogP contribution in [0.2, 0.25) is 0 Å². The summed E-state index contributed by atoms with van der Waals surface area (Å²) in [6.45, 7) is 7.74. The molecule has 12 heteroatoms. The van der Waals surface area contributed by atoms with Crippen molar-refractivity contribution in [2.45, 2.75) is 23.7 Å². The summed E-state index contributed by atoms with van der Waals surface area (Å²) in [5.41, 5.74) is 5.80. The van der Waals surface area contributed by atoms with Gasteiger partial charge >= 0.3 is 0 Å². The van der Waals surface area contributed by atoms with E-state index >= 15 is 43.9 Å². The molecular formula is C88H54F10N2. The highest BCUT2D eigenvalue weighted by molar-refractivity contribution is 6.13. The highest BCUT2D eigenvalue weighted by atomic mass is 19.2. The summed E-state index contributed by atoms with van der Waals surface area (Å²) in [5, 5.41) is 3.22. The maximum absolute atomic E-state index is 17.1. The van der Waals surface area contributed by atoms with Crippen LogP contribution in [0.5, 0.6) is 0 Å². The van der Waals surface area contributed by atoms with Crippen LogP contribution in [0.15, 0.2) is 280 Å². The van der Waals surface area contributed by atoms with E-state index < -0.39 is 80.1 Å². The van der Waals surface area contributed by atoms with Gasteiger partial charge in [0, 0.05) is 44.6 Å². The fourth-order valence-corrected chi connectivity index (χ4v) is 15.6. The number of fused-ring (bicyclic) bond motifs is 8. The number of rotatable bonds is 15. The maximum Gasteiger partial charge on any atom is 0.200 e. The van der Waals surface area contributed by atoms with Gasteiger partial charge in [-0.25, -0.2) is 43.9 Å². The molecule has 100 heavy (non-hydrogen) atoms. The molecule has 0 N–H and O–H groups in total. The van der Waals surface area contributed by atoms with Gasteiger partial charge in [-0.2, -0.15) is 0 Å². The van der Waals surface area contributed by atoms with Crippen LogP contribution < -0.4 is 9.80 Å². The predicted octanol–water partition coefficient (Wildman–Crippen LogP) is 24.4. The van der Waals surface area contributed by atoms with E-state index in [0.717, 1.165) is 43.8 Å². The third-order valence-corrected chi connectivity index (χ3v) is 20.0. The Kier molecular flexibility index (Phi) is 15.4. The lowest BCUT2D eigenvalue weighted by Crippen LogP contribution is -2.34. The van der Waals surface area contributed by atoms with Gasteiger partial charge in [-0.3, -0.25) is 0 Å². The van der Waals surface area contributed by atoms with Crippen molar-refractivity contribution in [1.82, 2.24) is 0 Å². The second-order valence-corrected chi connectivity index (χ2v) is 25.2. The number of para-hydroxylation sites is 2. The zero-order valence-corrected chi connectivity index (χ0v) is 53.1. The maximum atomic E-state index is 17.1. The van der Waals surface area contributed by atoms with Crippen LogP contribution in [-0.2, 0) is 23.7 Å². The van der Waals surface area contributed by atoms with Gasteiger partial charge in [0.05, 0.1) is 22.2 Å². The highest BCUT2D eigenvalue weighted by Gasteiger charge is 2.52. The van der Waals surface area contributed by atoms with Crippen LogP contribution in [0.4, 0.5) is 78.0 Å². The molecule has 0 radical (unpaired) electrons. The Balaban J connectivity index is 0.872. The van der Waals surface area contributed by atoms with Gasteiger partial charge in [0.25, 0.3) is 0 Å². The summed E-state index contributed by atoms with van der Waals surface area (Å²) >= 11 is 0. The lowest BCUT2D eigenvalue weighted by molar-refractivity contribution is 0.357. The minimum atomic E-state index is -2.26. The molecule has 2 unspecified atom stereocenters.